The second kappa shape index (κ2) is 9.23. The number of nitrogens with one attached hydrogen (secondary N) is 1. The van der Waals surface area contributed by atoms with Gasteiger partial charge in [0, 0.05) is 28.6 Å². The molecule has 0 aromatic heterocycles. The van der Waals surface area contributed by atoms with Gasteiger partial charge in [0.15, 0.2) is 5.78 Å². The van der Waals surface area contributed by atoms with Gasteiger partial charge in [-0.1, -0.05) is 22.9 Å². The van der Waals surface area contributed by atoms with E-state index in [1.54, 1.807) is 36.4 Å². The van der Waals surface area contributed by atoms with Crippen molar-refractivity contribution in [2.75, 3.05) is 11.9 Å². The SMILES string of the molecule is CCCOc1ccc(C(=O)CCC(=O)Nc2ccc(Br)cc2)cc1. The third-order valence-corrected chi connectivity index (χ3v) is 3.88. The van der Waals surface area contributed by atoms with Crippen molar-refractivity contribution < 1.29 is 14.3 Å². The van der Waals surface area contributed by atoms with Crippen molar-refractivity contribution in [1.29, 1.82) is 0 Å². The summed E-state index contributed by atoms with van der Waals surface area (Å²) in [6, 6.07) is 14.3. The first-order chi connectivity index (χ1) is 11.6. The molecule has 0 radical (unpaired) electrons. The van der Waals surface area contributed by atoms with Gasteiger partial charge in [0.05, 0.1) is 6.61 Å². The van der Waals surface area contributed by atoms with Gasteiger partial charge in [0.1, 0.15) is 5.75 Å². The second-order valence-electron chi connectivity index (χ2n) is 5.35. The Morgan fingerprint density at radius 2 is 1.67 bits per heavy atom. The fraction of sp³-hybridized carbons (Fsp3) is 0.263. The lowest BCUT2D eigenvalue weighted by atomic mass is 10.1. The van der Waals surface area contributed by atoms with Gasteiger partial charge in [-0.05, 0) is 55.0 Å². The fourth-order valence-corrected chi connectivity index (χ4v) is 2.35. The van der Waals surface area contributed by atoms with Crippen molar-refractivity contribution in [2.45, 2.75) is 26.2 Å². The van der Waals surface area contributed by atoms with E-state index in [4.69, 9.17) is 4.74 Å². The molecule has 0 spiro atoms. The van der Waals surface area contributed by atoms with Gasteiger partial charge >= 0.3 is 0 Å². The van der Waals surface area contributed by atoms with E-state index in [1.807, 2.05) is 19.1 Å². The zero-order chi connectivity index (χ0) is 17.4. The van der Waals surface area contributed by atoms with Crippen molar-refractivity contribution in [2.24, 2.45) is 0 Å². The van der Waals surface area contributed by atoms with Crippen LogP contribution in [0, 0.1) is 0 Å². The summed E-state index contributed by atoms with van der Waals surface area (Å²) < 4.78 is 6.43. The van der Waals surface area contributed by atoms with Gasteiger partial charge in [0.2, 0.25) is 5.91 Å². The number of rotatable bonds is 8. The predicted octanol–water partition coefficient (Wildman–Crippen LogP) is 4.84. The van der Waals surface area contributed by atoms with Crippen molar-refractivity contribution in [3.05, 3.63) is 58.6 Å². The summed E-state index contributed by atoms with van der Waals surface area (Å²) in [6.45, 7) is 2.70. The molecule has 2 rings (SSSR count). The lowest BCUT2D eigenvalue weighted by Crippen LogP contribution is -2.13. The molecule has 1 amide bonds. The first kappa shape index (κ1) is 18.2. The summed E-state index contributed by atoms with van der Waals surface area (Å²) >= 11 is 3.34. The summed E-state index contributed by atoms with van der Waals surface area (Å²) in [5.74, 6) is 0.526. The van der Waals surface area contributed by atoms with E-state index < -0.39 is 0 Å². The second-order valence-corrected chi connectivity index (χ2v) is 6.27. The molecule has 0 bridgehead atoms. The molecular weight excluding hydrogens is 370 g/mol. The maximum atomic E-state index is 12.1. The summed E-state index contributed by atoms with van der Waals surface area (Å²) in [6.07, 6.45) is 1.27. The van der Waals surface area contributed by atoms with Crippen LogP contribution < -0.4 is 10.1 Å². The normalized spacial score (nSPS) is 10.2. The predicted molar refractivity (Wildman–Crippen MR) is 98.6 cm³/mol. The average Bonchev–Trinajstić information content (AvgIpc) is 2.60. The van der Waals surface area contributed by atoms with Crippen LogP contribution in [0.2, 0.25) is 0 Å². The summed E-state index contributed by atoms with van der Waals surface area (Å²) in [4.78, 5) is 24.1. The number of carbonyl (C=O) groups is 2. The molecule has 0 saturated carbocycles. The third kappa shape index (κ3) is 5.81. The molecule has 0 heterocycles. The van der Waals surface area contributed by atoms with Crippen LogP contribution in [0.1, 0.15) is 36.5 Å². The highest BCUT2D eigenvalue weighted by Gasteiger charge is 2.10. The Hall–Kier alpha value is -2.14. The number of halogens is 1. The lowest BCUT2D eigenvalue weighted by molar-refractivity contribution is -0.116. The molecule has 2 aromatic rings. The number of benzene rings is 2. The number of anilines is 1. The first-order valence-electron chi connectivity index (χ1n) is 7.90. The molecule has 0 saturated heterocycles. The highest BCUT2D eigenvalue weighted by atomic mass is 79.9. The van der Waals surface area contributed by atoms with Crippen molar-refractivity contribution in [3.8, 4) is 5.75 Å². The Kier molecular flexibility index (Phi) is 7.00. The fourth-order valence-electron chi connectivity index (χ4n) is 2.09. The minimum atomic E-state index is -0.173. The minimum Gasteiger partial charge on any atom is -0.494 e. The topological polar surface area (TPSA) is 55.4 Å². The molecule has 0 atom stereocenters. The van der Waals surface area contributed by atoms with Crippen LogP contribution in [0.15, 0.2) is 53.0 Å². The van der Waals surface area contributed by atoms with Gasteiger partial charge in [0.25, 0.3) is 0 Å². The average molecular weight is 390 g/mol. The largest absolute Gasteiger partial charge is 0.494 e. The van der Waals surface area contributed by atoms with Crippen LogP contribution in [0.3, 0.4) is 0 Å². The van der Waals surface area contributed by atoms with Crippen LogP contribution in [-0.2, 0) is 4.79 Å². The molecule has 0 unspecified atom stereocenters. The molecular formula is C19H20BrNO3. The van der Waals surface area contributed by atoms with E-state index >= 15 is 0 Å². The first-order valence-corrected chi connectivity index (χ1v) is 8.69. The smallest absolute Gasteiger partial charge is 0.224 e. The van der Waals surface area contributed by atoms with Gasteiger partial charge in [-0.2, -0.15) is 0 Å². The van der Waals surface area contributed by atoms with Crippen LogP contribution in [0.4, 0.5) is 5.69 Å². The van der Waals surface area contributed by atoms with Crippen molar-refractivity contribution in [3.63, 3.8) is 0 Å². The number of Topliss-reactive ketones (excluding diaryl/α,β-unsaturated/α-hetero) is 1. The van der Waals surface area contributed by atoms with Gasteiger partial charge in [-0.3, -0.25) is 9.59 Å². The molecule has 0 aliphatic carbocycles. The summed E-state index contributed by atoms with van der Waals surface area (Å²) in [5, 5.41) is 2.78. The number of hydrogen-bond donors (Lipinski definition) is 1. The molecule has 1 N–H and O–H groups in total. The molecule has 5 heteroatoms. The van der Waals surface area contributed by atoms with Gasteiger partial charge in [-0.15, -0.1) is 0 Å². The number of ether oxygens (including phenoxy) is 1. The maximum absolute atomic E-state index is 12.1. The molecule has 0 aliphatic heterocycles. The van der Waals surface area contributed by atoms with Crippen molar-refractivity contribution >= 4 is 33.3 Å². The highest BCUT2D eigenvalue weighted by Crippen LogP contribution is 2.16. The molecule has 126 valence electrons. The Morgan fingerprint density at radius 3 is 2.29 bits per heavy atom. The standard InChI is InChI=1S/C19H20BrNO3/c1-2-13-24-17-9-3-14(4-10-17)18(22)11-12-19(23)21-16-7-5-15(20)6-8-16/h3-10H,2,11-13H2,1H3,(H,21,23). The Morgan fingerprint density at radius 1 is 1.00 bits per heavy atom. The Balaban J connectivity index is 1.81. The molecule has 0 fully saturated rings. The van der Waals surface area contributed by atoms with E-state index in [1.165, 1.54) is 0 Å². The number of amides is 1. The van der Waals surface area contributed by atoms with Crippen LogP contribution in [-0.4, -0.2) is 18.3 Å². The minimum absolute atomic E-state index is 0.0528. The Labute approximate surface area is 150 Å². The lowest BCUT2D eigenvalue weighted by Gasteiger charge is -2.07. The molecule has 0 aliphatic rings. The molecule has 24 heavy (non-hydrogen) atoms. The zero-order valence-electron chi connectivity index (χ0n) is 13.5. The zero-order valence-corrected chi connectivity index (χ0v) is 15.1. The highest BCUT2D eigenvalue weighted by molar-refractivity contribution is 9.10. The third-order valence-electron chi connectivity index (χ3n) is 3.36. The monoisotopic (exact) mass is 389 g/mol. The van der Waals surface area contributed by atoms with E-state index in [-0.39, 0.29) is 24.5 Å². The van der Waals surface area contributed by atoms with Gasteiger partial charge < -0.3 is 10.1 Å². The van der Waals surface area contributed by atoms with E-state index in [2.05, 4.69) is 21.2 Å². The van der Waals surface area contributed by atoms with E-state index in [0.29, 0.717) is 17.9 Å². The number of carbonyl (C=O) groups excluding carboxylic acids is 2. The summed E-state index contributed by atoms with van der Waals surface area (Å²) in [7, 11) is 0. The van der Waals surface area contributed by atoms with Gasteiger partial charge in [-0.25, -0.2) is 0 Å². The molecule has 4 nitrogen and oxygen atoms in total. The molecule has 2 aromatic carbocycles. The van der Waals surface area contributed by atoms with E-state index in [0.717, 1.165) is 16.6 Å². The summed E-state index contributed by atoms with van der Waals surface area (Å²) in [5.41, 5.74) is 1.31. The van der Waals surface area contributed by atoms with Crippen molar-refractivity contribution in [1.82, 2.24) is 0 Å². The number of ketones is 1. The quantitative estimate of drug-likeness (QED) is 0.657. The Bertz CT molecular complexity index is 681. The maximum Gasteiger partial charge on any atom is 0.224 e. The number of hydrogen-bond acceptors (Lipinski definition) is 3. The van der Waals surface area contributed by atoms with Crippen LogP contribution in [0.5, 0.6) is 5.75 Å². The van der Waals surface area contributed by atoms with E-state index in [9.17, 15) is 9.59 Å². The van der Waals surface area contributed by atoms with Crippen LogP contribution >= 0.6 is 15.9 Å². The van der Waals surface area contributed by atoms with Crippen LogP contribution in [0.25, 0.3) is 0 Å².